The first-order chi connectivity index (χ1) is 15.9. The highest BCUT2D eigenvalue weighted by Gasteiger charge is 2.47. The lowest BCUT2D eigenvalue weighted by Crippen LogP contribution is -2.38. The molecule has 2 heterocycles. The molecule has 1 aromatic heterocycles. The van der Waals surface area contributed by atoms with Crippen molar-refractivity contribution in [1.82, 2.24) is 15.0 Å². The summed E-state index contributed by atoms with van der Waals surface area (Å²) in [5, 5.41) is 14.0. The lowest BCUT2D eigenvalue weighted by atomic mass is 10.0. The van der Waals surface area contributed by atoms with E-state index in [4.69, 9.17) is 14.2 Å². The Morgan fingerprint density at radius 1 is 1.21 bits per heavy atom. The number of hydrogen-bond donors (Lipinski definition) is 1. The van der Waals surface area contributed by atoms with E-state index in [1.54, 1.807) is 0 Å². The van der Waals surface area contributed by atoms with Crippen molar-refractivity contribution in [3.63, 3.8) is 0 Å². The van der Waals surface area contributed by atoms with Crippen LogP contribution < -0.4 is 4.74 Å². The second kappa shape index (κ2) is 8.30. The predicted octanol–water partition coefficient (Wildman–Crippen LogP) is 4.33. The Hall–Kier alpha value is -3.19. The van der Waals surface area contributed by atoms with Crippen LogP contribution in [-0.2, 0) is 11.2 Å². The minimum atomic E-state index is -0.204. The molecule has 2 unspecified atom stereocenters. The summed E-state index contributed by atoms with van der Waals surface area (Å²) >= 11 is 0. The van der Waals surface area contributed by atoms with Crippen molar-refractivity contribution in [1.29, 1.82) is 0 Å². The monoisotopic (exact) mass is 447 g/mol. The van der Waals surface area contributed by atoms with Gasteiger partial charge in [-0.05, 0) is 74.9 Å². The minimum Gasteiger partial charge on any atom is -0.491 e. The largest absolute Gasteiger partial charge is 0.491 e. The van der Waals surface area contributed by atoms with Gasteiger partial charge in [-0.1, -0.05) is 23.4 Å². The van der Waals surface area contributed by atoms with Crippen LogP contribution in [0.15, 0.2) is 40.9 Å². The fourth-order valence-electron chi connectivity index (χ4n) is 5.22. The third kappa shape index (κ3) is 3.70. The summed E-state index contributed by atoms with van der Waals surface area (Å²) in [4.78, 5) is 19.1. The number of aliphatic hydroxyl groups excluding tert-OH is 1. The Morgan fingerprint density at radius 2 is 2.03 bits per heavy atom. The molecule has 3 aromatic rings. The SMILES string of the molecule is Cc1cc(-c2nc(-c3cccc4c3CC3CC(=O)N([C@H](C)CO)C43)no2)ccc1OC(C)C. The molecular formula is C26H29N3O4. The molecule has 7 nitrogen and oxygen atoms in total. The molecule has 0 bridgehead atoms. The smallest absolute Gasteiger partial charge is 0.258 e. The standard InChI is InChI=1S/C26H29N3O4/c1-14(2)32-22-9-8-17(10-15(22)3)26-27-25(28-33-26)20-7-5-6-19-21(20)11-18-12-23(31)29(24(18)19)16(4)13-30/h5-10,14,16,18,24,30H,11-13H2,1-4H3/t16-,18?,24?/m1/s1. The molecule has 3 atom stereocenters. The maximum Gasteiger partial charge on any atom is 0.258 e. The molecule has 2 aromatic carbocycles. The third-order valence-electron chi connectivity index (χ3n) is 6.66. The highest BCUT2D eigenvalue weighted by Crippen LogP contribution is 2.50. The number of carbonyl (C=O) groups excluding carboxylic acids is 1. The molecule has 1 N–H and O–H groups in total. The van der Waals surface area contributed by atoms with Crippen molar-refractivity contribution in [2.24, 2.45) is 5.92 Å². The molecule has 1 aliphatic carbocycles. The van der Waals surface area contributed by atoms with Crippen LogP contribution in [0.3, 0.4) is 0 Å². The van der Waals surface area contributed by atoms with Gasteiger partial charge in [-0.3, -0.25) is 4.79 Å². The molecule has 0 radical (unpaired) electrons. The van der Waals surface area contributed by atoms with Gasteiger partial charge in [0.05, 0.1) is 24.8 Å². The fourth-order valence-corrected chi connectivity index (χ4v) is 5.22. The summed E-state index contributed by atoms with van der Waals surface area (Å²) in [6, 6.07) is 11.7. The number of amides is 1. The van der Waals surface area contributed by atoms with E-state index >= 15 is 0 Å². The maximum atomic E-state index is 12.6. The van der Waals surface area contributed by atoms with Crippen molar-refractivity contribution in [2.75, 3.05) is 6.61 Å². The van der Waals surface area contributed by atoms with Gasteiger partial charge in [0.1, 0.15) is 5.75 Å². The van der Waals surface area contributed by atoms with Crippen LogP contribution in [0, 0.1) is 12.8 Å². The van der Waals surface area contributed by atoms with E-state index in [-0.39, 0.29) is 36.6 Å². The van der Waals surface area contributed by atoms with Crippen molar-refractivity contribution >= 4 is 5.91 Å². The molecule has 1 amide bonds. The average molecular weight is 448 g/mol. The number of aliphatic hydroxyl groups is 1. The maximum absolute atomic E-state index is 12.6. The van der Waals surface area contributed by atoms with Crippen LogP contribution in [-0.4, -0.2) is 44.8 Å². The van der Waals surface area contributed by atoms with Crippen LogP contribution in [0.1, 0.15) is 49.9 Å². The summed E-state index contributed by atoms with van der Waals surface area (Å²) < 4.78 is 11.5. The molecule has 7 heteroatoms. The van der Waals surface area contributed by atoms with Gasteiger partial charge >= 0.3 is 0 Å². The second-order valence-corrected chi connectivity index (χ2v) is 9.39. The normalized spacial score (nSPS) is 20.3. The molecule has 33 heavy (non-hydrogen) atoms. The number of rotatable bonds is 6. The summed E-state index contributed by atoms with van der Waals surface area (Å²) in [5.41, 5.74) is 5.09. The van der Waals surface area contributed by atoms with E-state index in [1.807, 2.05) is 62.9 Å². The van der Waals surface area contributed by atoms with Gasteiger partial charge in [0, 0.05) is 17.5 Å². The first kappa shape index (κ1) is 21.6. The van der Waals surface area contributed by atoms with E-state index in [1.165, 1.54) is 5.56 Å². The number of likely N-dealkylation sites (tertiary alicyclic amines) is 1. The molecule has 2 aliphatic rings. The van der Waals surface area contributed by atoms with Crippen molar-refractivity contribution < 1.29 is 19.2 Å². The Kier molecular flexibility index (Phi) is 5.44. The van der Waals surface area contributed by atoms with Crippen LogP contribution in [0.4, 0.5) is 0 Å². The summed E-state index contributed by atoms with van der Waals surface area (Å²) in [6.07, 6.45) is 1.40. The molecule has 5 rings (SSSR count). The Morgan fingerprint density at radius 3 is 2.76 bits per heavy atom. The van der Waals surface area contributed by atoms with E-state index in [9.17, 15) is 9.90 Å². The molecule has 0 saturated carbocycles. The zero-order valence-electron chi connectivity index (χ0n) is 19.4. The quantitative estimate of drug-likeness (QED) is 0.605. The predicted molar refractivity (Wildman–Crippen MR) is 124 cm³/mol. The number of aromatic nitrogens is 2. The van der Waals surface area contributed by atoms with Gasteiger partial charge < -0.3 is 19.3 Å². The van der Waals surface area contributed by atoms with Gasteiger partial charge in [-0.15, -0.1) is 0 Å². The van der Waals surface area contributed by atoms with Crippen LogP contribution >= 0.6 is 0 Å². The van der Waals surface area contributed by atoms with Crippen molar-refractivity contribution in [2.45, 2.75) is 58.7 Å². The van der Waals surface area contributed by atoms with Gasteiger partial charge in [-0.2, -0.15) is 4.98 Å². The number of hydrogen-bond acceptors (Lipinski definition) is 6. The number of ether oxygens (including phenoxy) is 1. The first-order valence-corrected chi connectivity index (χ1v) is 11.5. The zero-order chi connectivity index (χ0) is 23.3. The van der Waals surface area contributed by atoms with Gasteiger partial charge in [0.2, 0.25) is 11.7 Å². The highest BCUT2D eigenvalue weighted by molar-refractivity contribution is 5.81. The second-order valence-electron chi connectivity index (χ2n) is 9.39. The number of benzene rings is 2. The summed E-state index contributed by atoms with van der Waals surface area (Å²) in [7, 11) is 0. The van der Waals surface area contributed by atoms with Crippen molar-refractivity contribution in [3.05, 3.63) is 53.1 Å². The number of carbonyl (C=O) groups is 1. The van der Waals surface area contributed by atoms with Gasteiger partial charge in [0.15, 0.2) is 0 Å². The van der Waals surface area contributed by atoms with Gasteiger partial charge in [-0.25, -0.2) is 0 Å². The topological polar surface area (TPSA) is 88.7 Å². The lowest BCUT2D eigenvalue weighted by molar-refractivity contribution is -0.131. The van der Waals surface area contributed by atoms with Gasteiger partial charge in [0.25, 0.3) is 5.89 Å². The summed E-state index contributed by atoms with van der Waals surface area (Å²) in [6.45, 7) is 7.86. The van der Waals surface area contributed by atoms with E-state index in [0.717, 1.165) is 34.4 Å². The Labute approximate surface area is 193 Å². The molecule has 0 spiro atoms. The minimum absolute atomic E-state index is 0.00266. The lowest BCUT2D eigenvalue weighted by Gasteiger charge is -2.30. The van der Waals surface area contributed by atoms with E-state index in [0.29, 0.717) is 18.1 Å². The number of fused-ring (bicyclic) bond motifs is 3. The molecule has 1 saturated heterocycles. The molecule has 172 valence electrons. The van der Waals surface area contributed by atoms with E-state index in [2.05, 4.69) is 11.2 Å². The van der Waals surface area contributed by atoms with E-state index < -0.39 is 0 Å². The van der Waals surface area contributed by atoms with Crippen LogP contribution in [0.5, 0.6) is 5.75 Å². The zero-order valence-corrected chi connectivity index (χ0v) is 19.4. The number of nitrogens with zero attached hydrogens (tertiary/aromatic N) is 3. The molecular weight excluding hydrogens is 418 g/mol. The third-order valence-corrected chi connectivity index (χ3v) is 6.66. The summed E-state index contributed by atoms with van der Waals surface area (Å²) in [5.74, 6) is 2.19. The molecule has 1 aliphatic heterocycles. The average Bonchev–Trinajstić information content (AvgIpc) is 3.48. The highest BCUT2D eigenvalue weighted by atomic mass is 16.5. The number of aryl methyl sites for hydroxylation is 1. The van der Waals surface area contributed by atoms with Crippen LogP contribution in [0.2, 0.25) is 0 Å². The Bertz CT molecular complexity index is 1200. The fraction of sp³-hybridized carbons (Fsp3) is 0.423. The van der Waals surface area contributed by atoms with Crippen LogP contribution in [0.25, 0.3) is 22.8 Å². The molecule has 1 fully saturated rings. The Balaban J connectivity index is 1.47. The first-order valence-electron chi connectivity index (χ1n) is 11.5. The van der Waals surface area contributed by atoms with Crippen molar-refractivity contribution in [3.8, 4) is 28.6 Å².